The monoisotopic (exact) mass is 493 g/mol. The lowest BCUT2D eigenvalue weighted by Gasteiger charge is -2.14. The van der Waals surface area contributed by atoms with Crippen molar-refractivity contribution in [2.75, 3.05) is 19.5 Å². The largest absolute Gasteiger partial charge is 0.497 e. The van der Waals surface area contributed by atoms with E-state index in [9.17, 15) is 4.79 Å². The minimum Gasteiger partial charge on any atom is -0.497 e. The number of nitrogens with one attached hydrogen (secondary N) is 1. The van der Waals surface area contributed by atoms with E-state index in [2.05, 4.69) is 20.5 Å². The van der Waals surface area contributed by atoms with Crippen LogP contribution in [0, 0.1) is 0 Å². The highest BCUT2D eigenvalue weighted by Gasteiger charge is 2.22. The molecule has 0 radical (unpaired) electrons. The number of hydrogen-bond acceptors (Lipinski definition) is 9. The highest BCUT2D eigenvalue weighted by molar-refractivity contribution is 8.00. The molecule has 8 nitrogen and oxygen atoms in total. The summed E-state index contributed by atoms with van der Waals surface area (Å²) in [4.78, 5) is 21.7. The highest BCUT2D eigenvalue weighted by atomic mass is 32.2. The Labute approximate surface area is 205 Å². The summed E-state index contributed by atoms with van der Waals surface area (Å²) < 4.78 is 10.6. The van der Waals surface area contributed by atoms with Gasteiger partial charge in [0.25, 0.3) is 0 Å². The van der Waals surface area contributed by atoms with Crippen LogP contribution in [0.1, 0.15) is 13.3 Å². The first kappa shape index (κ1) is 23.7. The number of hydrogen-bond donors (Lipinski definition) is 1. The topological polar surface area (TPSA) is 99.1 Å². The van der Waals surface area contributed by atoms with Crippen molar-refractivity contribution < 1.29 is 14.3 Å². The minimum atomic E-state index is -0.388. The quantitative estimate of drug-likeness (QED) is 0.318. The van der Waals surface area contributed by atoms with Crippen LogP contribution in [0.5, 0.6) is 11.5 Å². The van der Waals surface area contributed by atoms with E-state index < -0.39 is 0 Å². The van der Waals surface area contributed by atoms with Crippen molar-refractivity contribution in [1.29, 1.82) is 0 Å². The lowest BCUT2D eigenvalue weighted by molar-refractivity contribution is -0.115. The van der Waals surface area contributed by atoms with E-state index in [-0.39, 0.29) is 11.2 Å². The molecule has 4 rings (SSSR count). The van der Waals surface area contributed by atoms with Crippen molar-refractivity contribution in [2.24, 2.45) is 0 Å². The van der Waals surface area contributed by atoms with Crippen molar-refractivity contribution >= 4 is 34.1 Å². The molecule has 0 bridgehead atoms. The molecule has 0 spiro atoms. The van der Waals surface area contributed by atoms with Gasteiger partial charge < -0.3 is 14.8 Å². The van der Waals surface area contributed by atoms with Crippen molar-refractivity contribution in [2.45, 2.75) is 23.8 Å². The van der Waals surface area contributed by atoms with Gasteiger partial charge in [0.1, 0.15) is 22.9 Å². The molecule has 174 valence electrons. The summed E-state index contributed by atoms with van der Waals surface area (Å²) in [5.41, 5.74) is 3.03. The fraction of sp³-hybridized carbons (Fsp3) is 0.208. The van der Waals surface area contributed by atoms with Gasteiger partial charge in [-0.05, 0) is 55.0 Å². The van der Waals surface area contributed by atoms with Gasteiger partial charge in [-0.1, -0.05) is 18.7 Å². The SMILES string of the molecule is CCC(Sc1nnc(-c2ccc(OC)cc2)c(-c2ccc(OC)cc2)n1)C(=O)Nc1nccs1. The van der Waals surface area contributed by atoms with Crippen molar-refractivity contribution in [3.05, 3.63) is 60.1 Å². The molecule has 34 heavy (non-hydrogen) atoms. The second-order valence-corrected chi connectivity index (χ2v) is 9.15. The Morgan fingerprint density at radius 1 is 0.971 bits per heavy atom. The number of amides is 1. The zero-order chi connectivity index (χ0) is 23.9. The number of carbonyl (C=O) groups excluding carboxylic acids is 1. The lowest BCUT2D eigenvalue weighted by Crippen LogP contribution is -2.24. The first-order chi connectivity index (χ1) is 16.6. The number of methoxy groups -OCH3 is 2. The van der Waals surface area contributed by atoms with E-state index in [0.717, 1.165) is 22.6 Å². The van der Waals surface area contributed by atoms with Gasteiger partial charge in [0.05, 0.1) is 19.5 Å². The zero-order valence-electron chi connectivity index (χ0n) is 18.9. The lowest BCUT2D eigenvalue weighted by atomic mass is 10.0. The Morgan fingerprint density at radius 3 is 2.12 bits per heavy atom. The molecule has 4 aromatic rings. The van der Waals surface area contributed by atoms with Crippen LogP contribution in [-0.2, 0) is 4.79 Å². The number of rotatable bonds is 9. The number of aromatic nitrogens is 4. The Balaban J connectivity index is 1.67. The van der Waals surface area contributed by atoms with Gasteiger partial charge in [-0.2, -0.15) is 0 Å². The first-order valence-corrected chi connectivity index (χ1v) is 12.3. The maximum Gasteiger partial charge on any atom is 0.239 e. The Kier molecular flexibility index (Phi) is 7.71. The maximum absolute atomic E-state index is 12.8. The van der Waals surface area contributed by atoms with Gasteiger partial charge >= 0.3 is 0 Å². The summed E-state index contributed by atoms with van der Waals surface area (Å²) >= 11 is 2.66. The average Bonchev–Trinajstić information content (AvgIpc) is 3.40. The number of anilines is 1. The third kappa shape index (κ3) is 5.52. The van der Waals surface area contributed by atoms with Gasteiger partial charge in [-0.15, -0.1) is 21.5 Å². The third-order valence-corrected chi connectivity index (χ3v) is 6.87. The second-order valence-electron chi connectivity index (χ2n) is 7.09. The summed E-state index contributed by atoms with van der Waals surface area (Å²) in [7, 11) is 3.25. The molecule has 0 aliphatic carbocycles. The summed E-state index contributed by atoms with van der Waals surface area (Å²) in [6.07, 6.45) is 2.25. The van der Waals surface area contributed by atoms with Crippen LogP contribution < -0.4 is 14.8 Å². The number of thiazole rings is 1. The molecular weight excluding hydrogens is 470 g/mol. The normalized spacial score (nSPS) is 11.6. The molecule has 0 aliphatic rings. The number of benzene rings is 2. The van der Waals surface area contributed by atoms with Crippen molar-refractivity contribution in [1.82, 2.24) is 20.2 Å². The van der Waals surface area contributed by atoms with E-state index in [0.29, 0.717) is 28.1 Å². The standard InChI is InChI=1S/C24H23N5O3S2/c1-4-19(22(30)27-23-25-13-14-33-23)34-24-26-20(15-5-9-17(31-2)10-6-15)21(28-29-24)16-7-11-18(32-3)12-8-16/h5-14,19H,4H2,1-3H3,(H,25,27,30). The van der Waals surface area contributed by atoms with Crippen LogP contribution in [0.15, 0.2) is 65.3 Å². The number of carbonyl (C=O) groups is 1. The number of thioether (sulfide) groups is 1. The fourth-order valence-corrected chi connectivity index (χ4v) is 4.53. The third-order valence-electron chi connectivity index (χ3n) is 4.97. The average molecular weight is 494 g/mol. The molecule has 2 heterocycles. The van der Waals surface area contributed by atoms with Crippen LogP contribution in [-0.4, -0.2) is 45.5 Å². The molecule has 0 saturated carbocycles. The van der Waals surface area contributed by atoms with Crippen LogP contribution in [0.3, 0.4) is 0 Å². The van der Waals surface area contributed by atoms with Gasteiger partial charge in [0.2, 0.25) is 11.1 Å². The van der Waals surface area contributed by atoms with Crippen molar-refractivity contribution in [3.8, 4) is 34.0 Å². The fourth-order valence-electron chi connectivity index (χ4n) is 3.18. The number of nitrogens with zero attached hydrogens (tertiary/aromatic N) is 4. The summed E-state index contributed by atoms with van der Waals surface area (Å²) in [5.74, 6) is 1.35. The molecule has 1 N–H and O–H groups in total. The summed E-state index contributed by atoms with van der Waals surface area (Å²) in [6.45, 7) is 1.95. The van der Waals surface area contributed by atoms with Gasteiger partial charge in [-0.3, -0.25) is 4.79 Å². The zero-order valence-corrected chi connectivity index (χ0v) is 20.5. The smallest absolute Gasteiger partial charge is 0.239 e. The predicted molar refractivity (Wildman–Crippen MR) is 134 cm³/mol. The van der Waals surface area contributed by atoms with E-state index in [1.165, 1.54) is 23.1 Å². The molecular formula is C24H23N5O3S2. The Hall–Kier alpha value is -3.50. The summed E-state index contributed by atoms with van der Waals surface area (Å²) in [5, 5.41) is 14.1. The van der Waals surface area contributed by atoms with Crippen molar-refractivity contribution in [3.63, 3.8) is 0 Å². The molecule has 1 atom stereocenters. The van der Waals surface area contributed by atoms with Crippen LogP contribution in [0.4, 0.5) is 5.13 Å². The molecule has 1 amide bonds. The summed E-state index contributed by atoms with van der Waals surface area (Å²) in [6, 6.07) is 15.2. The second kappa shape index (κ2) is 11.1. The highest BCUT2D eigenvalue weighted by Crippen LogP contribution is 2.33. The molecule has 10 heteroatoms. The molecule has 1 unspecified atom stereocenters. The van der Waals surface area contributed by atoms with Gasteiger partial charge in [-0.25, -0.2) is 9.97 Å². The molecule has 2 aromatic carbocycles. The molecule has 0 aliphatic heterocycles. The molecule has 0 saturated heterocycles. The van der Waals surface area contributed by atoms with E-state index in [4.69, 9.17) is 14.5 Å². The first-order valence-electron chi connectivity index (χ1n) is 10.5. The van der Waals surface area contributed by atoms with E-state index in [1.807, 2.05) is 60.8 Å². The van der Waals surface area contributed by atoms with Crippen LogP contribution >= 0.6 is 23.1 Å². The molecule has 0 fully saturated rings. The maximum atomic E-state index is 12.8. The van der Waals surface area contributed by atoms with Gasteiger partial charge in [0, 0.05) is 22.7 Å². The predicted octanol–water partition coefficient (Wildman–Crippen LogP) is 5.19. The van der Waals surface area contributed by atoms with E-state index in [1.54, 1.807) is 20.4 Å². The minimum absolute atomic E-state index is 0.142. The number of ether oxygens (including phenoxy) is 2. The van der Waals surface area contributed by atoms with Crippen LogP contribution in [0.2, 0.25) is 0 Å². The van der Waals surface area contributed by atoms with Crippen LogP contribution in [0.25, 0.3) is 22.5 Å². The Morgan fingerprint density at radius 2 is 1.59 bits per heavy atom. The molecule has 2 aromatic heterocycles. The van der Waals surface area contributed by atoms with E-state index >= 15 is 0 Å². The Bertz CT molecular complexity index is 1230. The van der Waals surface area contributed by atoms with Gasteiger partial charge in [0.15, 0.2) is 5.13 Å².